The smallest absolute Gasteiger partial charge is 0.190 e. The van der Waals surface area contributed by atoms with Gasteiger partial charge in [-0.05, 0) is 16.7 Å². The average molecular weight is 324 g/mol. The number of carbonyl (C=O) groups is 2. The number of hydrogen-bond donors (Lipinski definition) is 0. The van der Waals surface area contributed by atoms with Gasteiger partial charge in [-0.1, -0.05) is 84.9 Å². The molecule has 0 aromatic heterocycles. The first-order valence-corrected chi connectivity index (χ1v) is 8.26. The first-order valence-electron chi connectivity index (χ1n) is 8.26. The predicted molar refractivity (Wildman–Crippen MR) is 98.6 cm³/mol. The molecule has 3 aromatic rings. The van der Waals surface area contributed by atoms with E-state index >= 15 is 0 Å². The van der Waals surface area contributed by atoms with Gasteiger partial charge < -0.3 is 0 Å². The molecule has 0 saturated carbocycles. The lowest BCUT2D eigenvalue weighted by Gasteiger charge is -2.21. The number of rotatable bonds is 2. The van der Waals surface area contributed by atoms with Crippen LogP contribution in [0.5, 0.6) is 0 Å². The van der Waals surface area contributed by atoms with Gasteiger partial charge in [0.15, 0.2) is 11.6 Å². The minimum atomic E-state index is -0.0575. The topological polar surface area (TPSA) is 34.1 Å². The minimum Gasteiger partial charge on any atom is -0.294 e. The fourth-order valence-electron chi connectivity index (χ4n) is 3.35. The highest BCUT2D eigenvalue weighted by Gasteiger charge is 2.30. The van der Waals surface area contributed by atoms with Gasteiger partial charge in [0, 0.05) is 23.1 Å². The van der Waals surface area contributed by atoms with E-state index in [1.165, 1.54) is 0 Å². The van der Waals surface area contributed by atoms with Crippen LogP contribution in [0.25, 0.3) is 5.57 Å². The maximum atomic E-state index is 13.1. The summed E-state index contributed by atoms with van der Waals surface area (Å²) >= 11 is 0. The molecule has 0 radical (unpaired) electrons. The van der Waals surface area contributed by atoms with Crippen LogP contribution < -0.4 is 0 Å². The molecule has 120 valence electrons. The molecule has 0 heterocycles. The number of allylic oxidation sites excluding steroid dienone is 1. The lowest BCUT2D eigenvalue weighted by molar-refractivity contribution is 0.0936. The summed E-state index contributed by atoms with van der Waals surface area (Å²) in [5.41, 5.74) is 4.33. The standard InChI is InChI=1S/C23H16O2/c24-21-15-20(23(25)19-14-8-7-13-18(19)21)22(16-9-3-1-4-10-16)17-11-5-2-6-12-17/h1-14H,15H2. The number of carbonyl (C=O) groups excluding carboxylic acids is 2. The van der Waals surface area contributed by atoms with E-state index in [4.69, 9.17) is 0 Å². The van der Waals surface area contributed by atoms with Gasteiger partial charge in [0.1, 0.15) is 0 Å². The molecule has 0 unspecified atom stereocenters. The predicted octanol–water partition coefficient (Wildman–Crippen LogP) is 4.96. The van der Waals surface area contributed by atoms with E-state index in [-0.39, 0.29) is 18.0 Å². The van der Waals surface area contributed by atoms with Crippen molar-refractivity contribution in [2.24, 2.45) is 0 Å². The number of Topliss-reactive ketones (excluding diaryl/α,β-unsaturated/α-hetero) is 2. The summed E-state index contributed by atoms with van der Waals surface area (Å²) in [4.78, 5) is 25.8. The SMILES string of the molecule is O=C1CC(=C(c2ccccc2)c2ccccc2)C(=O)c2ccccc21. The van der Waals surface area contributed by atoms with Gasteiger partial charge in [-0.15, -0.1) is 0 Å². The Balaban J connectivity index is 1.99. The van der Waals surface area contributed by atoms with Gasteiger partial charge in [0.25, 0.3) is 0 Å². The lowest BCUT2D eigenvalue weighted by Crippen LogP contribution is -2.21. The fraction of sp³-hybridized carbons (Fsp3) is 0.0435. The highest BCUT2D eigenvalue weighted by Crippen LogP contribution is 2.34. The number of fused-ring (bicyclic) bond motifs is 1. The van der Waals surface area contributed by atoms with Crippen LogP contribution in [0.4, 0.5) is 0 Å². The molecular weight excluding hydrogens is 308 g/mol. The Morgan fingerprint density at radius 3 is 1.64 bits per heavy atom. The Labute approximate surface area is 146 Å². The average Bonchev–Trinajstić information content (AvgIpc) is 2.68. The van der Waals surface area contributed by atoms with Crippen molar-refractivity contribution in [3.63, 3.8) is 0 Å². The van der Waals surface area contributed by atoms with E-state index in [2.05, 4.69) is 0 Å². The molecule has 0 bridgehead atoms. The zero-order chi connectivity index (χ0) is 17.2. The van der Waals surface area contributed by atoms with Crippen LogP contribution >= 0.6 is 0 Å². The van der Waals surface area contributed by atoms with Crippen molar-refractivity contribution in [3.8, 4) is 0 Å². The van der Waals surface area contributed by atoms with Crippen LogP contribution in [0, 0.1) is 0 Å². The largest absolute Gasteiger partial charge is 0.294 e. The van der Waals surface area contributed by atoms with E-state index in [0.29, 0.717) is 16.7 Å². The molecule has 4 rings (SSSR count). The third-order valence-corrected chi connectivity index (χ3v) is 4.51. The lowest BCUT2D eigenvalue weighted by atomic mass is 9.80. The summed E-state index contributed by atoms with van der Waals surface area (Å²) in [6, 6.07) is 26.7. The fourth-order valence-corrected chi connectivity index (χ4v) is 3.35. The zero-order valence-electron chi connectivity index (χ0n) is 13.6. The Bertz CT molecular complexity index is 941. The summed E-state index contributed by atoms with van der Waals surface area (Å²) in [5, 5.41) is 0. The Hall–Kier alpha value is -3.26. The molecule has 2 heteroatoms. The van der Waals surface area contributed by atoms with Crippen LogP contribution in [-0.4, -0.2) is 11.6 Å². The van der Waals surface area contributed by atoms with Crippen molar-refractivity contribution in [1.82, 2.24) is 0 Å². The summed E-state index contributed by atoms with van der Waals surface area (Å²) < 4.78 is 0. The normalized spacial score (nSPS) is 13.5. The molecule has 25 heavy (non-hydrogen) atoms. The van der Waals surface area contributed by atoms with Crippen LogP contribution in [0.1, 0.15) is 38.3 Å². The van der Waals surface area contributed by atoms with Crippen molar-refractivity contribution in [2.75, 3.05) is 0 Å². The van der Waals surface area contributed by atoms with E-state index in [1.807, 2.05) is 60.7 Å². The molecule has 0 N–H and O–H groups in total. The molecule has 0 spiro atoms. The van der Waals surface area contributed by atoms with Crippen molar-refractivity contribution >= 4 is 17.1 Å². The van der Waals surface area contributed by atoms with Crippen molar-refractivity contribution in [2.45, 2.75) is 6.42 Å². The van der Waals surface area contributed by atoms with Crippen LogP contribution in [0.3, 0.4) is 0 Å². The molecule has 0 aliphatic heterocycles. The molecule has 0 fully saturated rings. The van der Waals surface area contributed by atoms with E-state index in [9.17, 15) is 9.59 Å². The molecule has 0 amide bonds. The first-order chi connectivity index (χ1) is 12.3. The van der Waals surface area contributed by atoms with Crippen molar-refractivity contribution in [3.05, 3.63) is 113 Å². The molecule has 0 atom stereocenters. The van der Waals surface area contributed by atoms with Crippen LogP contribution in [0.15, 0.2) is 90.5 Å². The van der Waals surface area contributed by atoms with Gasteiger partial charge in [-0.25, -0.2) is 0 Å². The third kappa shape index (κ3) is 2.72. The minimum absolute atomic E-state index is 0.00503. The molecule has 2 nitrogen and oxygen atoms in total. The second-order valence-electron chi connectivity index (χ2n) is 6.06. The van der Waals surface area contributed by atoms with Crippen LogP contribution in [0.2, 0.25) is 0 Å². The second kappa shape index (κ2) is 6.33. The first kappa shape index (κ1) is 15.3. The molecule has 1 aliphatic carbocycles. The van der Waals surface area contributed by atoms with Gasteiger partial charge >= 0.3 is 0 Å². The number of ketones is 2. The number of benzene rings is 3. The molecular formula is C23H16O2. The Morgan fingerprint density at radius 2 is 1.08 bits per heavy atom. The quantitative estimate of drug-likeness (QED) is 0.625. The second-order valence-corrected chi connectivity index (χ2v) is 6.06. The van der Waals surface area contributed by atoms with Gasteiger partial charge in [-0.3, -0.25) is 9.59 Å². The van der Waals surface area contributed by atoms with Gasteiger partial charge in [-0.2, -0.15) is 0 Å². The Morgan fingerprint density at radius 1 is 0.600 bits per heavy atom. The van der Waals surface area contributed by atoms with Gasteiger partial charge in [0.2, 0.25) is 0 Å². The van der Waals surface area contributed by atoms with Crippen molar-refractivity contribution < 1.29 is 9.59 Å². The van der Waals surface area contributed by atoms with E-state index < -0.39 is 0 Å². The summed E-state index contributed by atoms with van der Waals surface area (Å²) in [7, 11) is 0. The van der Waals surface area contributed by atoms with E-state index in [0.717, 1.165) is 16.7 Å². The monoisotopic (exact) mass is 324 g/mol. The van der Waals surface area contributed by atoms with Crippen molar-refractivity contribution in [1.29, 1.82) is 0 Å². The molecule has 1 aliphatic rings. The maximum absolute atomic E-state index is 13.1. The zero-order valence-corrected chi connectivity index (χ0v) is 13.6. The summed E-state index contributed by atoms with van der Waals surface area (Å²) in [5.74, 6) is -0.0625. The van der Waals surface area contributed by atoms with Gasteiger partial charge in [0.05, 0.1) is 0 Å². The highest BCUT2D eigenvalue weighted by atomic mass is 16.1. The van der Waals surface area contributed by atoms with E-state index in [1.54, 1.807) is 24.3 Å². The summed E-state index contributed by atoms with van der Waals surface area (Å²) in [6.45, 7) is 0. The number of hydrogen-bond acceptors (Lipinski definition) is 2. The molecule has 0 saturated heterocycles. The Kier molecular flexibility index (Phi) is 3.87. The van der Waals surface area contributed by atoms with Crippen LogP contribution in [-0.2, 0) is 0 Å². The highest BCUT2D eigenvalue weighted by molar-refractivity contribution is 6.25. The maximum Gasteiger partial charge on any atom is 0.190 e. The summed E-state index contributed by atoms with van der Waals surface area (Å²) in [6.07, 6.45) is 0.134. The molecule has 3 aromatic carbocycles. The third-order valence-electron chi connectivity index (χ3n) is 4.51.